The van der Waals surface area contributed by atoms with Crippen molar-refractivity contribution in [3.8, 4) is 0 Å². The molecule has 2 rings (SSSR count). The Bertz CT molecular complexity index is 550. The molecule has 1 aliphatic heterocycles. The van der Waals surface area contributed by atoms with Gasteiger partial charge in [0.05, 0.1) is 5.75 Å². The molecule has 1 aromatic rings. The van der Waals surface area contributed by atoms with E-state index < -0.39 is 10.0 Å². The normalized spacial score (nSPS) is 17.7. The van der Waals surface area contributed by atoms with Gasteiger partial charge in [-0.3, -0.25) is 0 Å². The van der Waals surface area contributed by atoms with Gasteiger partial charge in [-0.2, -0.15) is 0 Å². The largest absolute Gasteiger partial charge is 0.382 e. The van der Waals surface area contributed by atoms with Crippen molar-refractivity contribution in [3.05, 3.63) is 29.3 Å². The first-order valence-electron chi connectivity index (χ1n) is 4.86. The van der Waals surface area contributed by atoms with Crippen LogP contribution in [0.2, 0.25) is 0 Å². The molecule has 1 aromatic carbocycles. The van der Waals surface area contributed by atoms with E-state index in [4.69, 9.17) is 5.73 Å². The number of amidine groups is 1. The van der Waals surface area contributed by atoms with Gasteiger partial charge in [-0.05, 0) is 17.4 Å². The second-order valence-corrected chi connectivity index (χ2v) is 6.37. The van der Waals surface area contributed by atoms with E-state index in [-0.39, 0.29) is 11.6 Å². The summed E-state index contributed by atoms with van der Waals surface area (Å²) in [6, 6.07) is 5.58. The number of rotatable bonds is 2. The van der Waals surface area contributed by atoms with E-state index >= 15 is 0 Å². The van der Waals surface area contributed by atoms with Crippen LogP contribution in [0.5, 0.6) is 0 Å². The Morgan fingerprint density at radius 1 is 1.50 bits per heavy atom. The standard InChI is InChI=1S/C10H12N2O2S2/c1-2-15-8-5-3-4-7-6-16(13,14)12-10(11)9(7)8/h3-5H,2,6H2,1H3,(H2,11,12). The average molecular weight is 256 g/mol. The molecule has 0 atom stereocenters. The van der Waals surface area contributed by atoms with E-state index in [2.05, 4.69) is 4.40 Å². The molecular formula is C10H12N2O2S2. The van der Waals surface area contributed by atoms with E-state index in [1.165, 1.54) is 0 Å². The lowest BCUT2D eigenvalue weighted by molar-refractivity contribution is 0.596. The molecule has 0 aliphatic carbocycles. The lowest BCUT2D eigenvalue weighted by Crippen LogP contribution is -2.24. The predicted octanol–water partition coefficient (Wildman–Crippen LogP) is 1.35. The Hall–Kier alpha value is -1.01. The highest BCUT2D eigenvalue weighted by atomic mass is 32.2. The van der Waals surface area contributed by atoms with Gasteiger partial charge in [-0.25, -0.2) is 8.42 Å². The third-order valence-corrected chi connectivity index (χ3v) is 4.33. The Morgan fingerprint density at radius 2 is 2.25 bits per heavy atom. The number of hydrogen-bond donors (Lipinski definition) is 1. The summed E-state index contributed by atoms with van der Waals surface area (Å²) < 4.78 is 26.4. The Balaban J connectivity index is 2.60. The zero-order chi connectivity index (χ0) is 11.8. The van der Waals surface area contributed by atoms with Crippen LogP contribution in [0.4, 0.5) is 0 Å². The molecule has 0 amide bonds. The fourth-order valence-electron chi connectivity index (χ4n) is 1.69. The van der Waals surface area contributed by atoms with Gasteiger partial charge in [0.25, 0.3) is 10.0 Å². The SMILES string of the molecule is CCSc1cccc2c1C(N)=NS(=O)(=O)C2. The fourth-order valence-corrected chi connectivity index (χ4v) is 3.64. The number of benzene rings is 1. The van der Waals surface area contributed by atoms with Gasteiger partial charge >= 0.3 is 0 Å². The highest BCUT2D eigenvalue weighted by Crippen LogP contribution is 2.29. The molecule has 6 heteroatoms. The van der Waals surface area contributed by atoms with Gasteiger partial charge < -0.3 is 5.73 Å². The summed E-state index contributed by atoms with van der Waals surface area (Å²) in [4.78, 5) is 0.996. The van der Waals surface area contributed by atoms with E-state index in [0.29, 0.717) is 0 Å². The molecule has 0 aromatic heterocycles. The quantitative estimate of drug-likeness (QED) is 0.811. The Morgan fingerprint density at radius 3 is 2.94 bits per heavy atom. The zero-order valence-electron chi connectivity index (χ0n) is 8.80. The Labute approximate surface area is 99.0 Å². The summed E-state index contributed by atoms with van der Waals surface area (Å²) in [6.45, 7) is 2.04. The second kappa shape index (κ2) is 4.10. The highest BCUT2D eigenvalue weighted by Gasteiger charge is 2.24. The van der Waals surface area contributed by atoms with Crippen LogP contribution in [0.1, 0.15) is 18.1 Å². The van der Waals surface area contributed by atoms with Crippen LogP contribution in [0.25, 0.3) is 0 Å². The van der Waals surface area contributed by atoms with E-state index in [1.807, 2.05) is 19.1 Å². The van der Waals surface area contributed by atoms with Crippen molar-refractivity contribution in [2.45, 2.75) is 17.6 Å². The third kappa shape index (κ3) is 2.08. The summed E-state index contributed by atoms with van der Waals surface area (Å²) in [5.74, 6) is 0.968. The smallest absolute Gasteiger partial charge is 0.259 e. The first kappa shape index (κ1) is 11.5. The van der Waals surface area contributed by atoms with Crippen molar-refractivity contribution in [1.82, 2.24) is 0 Å². The van der Waals surface area contributed by atoms with Crippen LogP contribution >= 0.6 is 11.8 Å². The maximum atomic E-state index is 11.4. The molecule has 2 N–H and O–H groups in total. The van der Waals surface area contributed by atoms with Crippen LogP contribution in [0.15, 0.2) is 27.5 Å². The number of hydrogen-bond acceptors (Lipinski definition) is 4. The van der Waals surface area contributed by atoms with Gasteiger partial charge in [0.2, 0.25) is 0 Å². The molecule has 0 saturated carbocycles. The van der Waals surface area contributed by atoms with Crippen LogP contribution < -0.4 is 5.73 Å². The van der Waals surface area contributed by atoms with Crippen LogP contribution in [-0.4, -0.2) is 20.0 Å². The number of thioether (sulfide) groups is 1. The van der Waals surface area contributed by atoms with Crippen molar-refractivity contribution in [2.24, 2.45) is 10.1 Å². The maximum Gasteiger partial charge on any atom is 0.259 e. The van der Waals surface area contributed by atoms with E-state index in [1.54, 1.807) is 17.8 Å². The molecule has 0 spiro atoms. The minimum absolute atomic E-state index is 0.0544. The lowest BCUT2D eigenvalue weighted by Gasteiger charge is -2.16. The average Bonchev–Trinajstić information content (AvgIpc) is 2.15. The molecule has 16 heavy (non-hydrogen) atoms. The van der Waals surface area contributed by atoms with Crippen molar-refractivity contribution >= 4 is 27.6 Å². The minimum atomic E-state index is -3.42. The summed E-state index contributed by atoms with van der Waals surface area (Å²) in [7, 11) is -3.42. The summed E-state index contributed by atoms with van der Waals surface area (Å²) >= 11 is 1.64. The highest BCUT2D eigenvalue weighted by molar-refractivity contribution is 7.99. The Kier molecular flexibility index (Phi) is 2.94. The predicted molar refractivity (Wildman–Crippen MR) is 66.2 cm³/mol. The van der Waals surface area contributed by atoms with Crippen molar-refractivity contribution in [2.75, 3.05) is 5.75 Å². The number of sulfonamides is 1. The lowest BCUT2D eigenvalue weighted by atomic mass is 10.1. The van der Waals surface area contributed by atoms with Crippen molar-refractivity contribution in [3.63, 3.8) is 0 Å². The topological polar surface area (TPSA) is 72.5 Å². The molecule has 1 heterocycles. The van der Waals surface area contributed by atoms with Gasteiger partial charge in [-0.1, -0.05) is 19.1 Å². The second-order valence-electron chi connectivity index (χ2n) is 3.43. The van der Waals surface area contributed by atoms with Crippen molar-refractivity contribution in [1.29, 1.82) is 0 Å². The first-order valence-corrected chi connectivity index (χ1v) is 7.46. The number of fused-ring (bicyclic) bond motifs is 1. The minimum Gasteiger partial charge on any atom is -0.382 e. The maximum absolute atomic E-state index is 11.4. The number of nitrogens with zero attached hydrogens (tertiary/aromatic N) is 1. The monoisotopic (exact) mass is 256 g/mol. The molecule has 0 saturated heterocycles. The summed E-state index contributed by atoms with van der Waals surface area (Å²) in [6.07, 6.45) is 0. The van der Waals surface area contributed by atoms with Crippen molar-refractivity contribution < 1.29 is 8.42 Å². The third-order valence-electron chi connectivity index (χ3n) is 2.24. The van der Waals surface area contributed by atoms with E-state index in [0.717, 1.165) is 21.8 Å². The van der Waals surface area contributed by atoms with Gasteiger partial charge in [0, 0.05) is 10.5 Å². The number of nitrogens with two attached hydrogens (primary N) is 1. The molecule has 0 radical (unpaired) electrons. The zero-order valence-corrected chi connectivity index (χ0v) is 10.4. The van der Waals surface area contributed by atoms with Crippen LogP contribution in [-0.2, 0) is 15.8 Å². The first-order chi connectivity index (χ1) is 7.53. The summed E-state index contributed by atoms with van der Waals surface area (Å²) in [5.41, 5.74) is 7.23. The molecule has 4 nitrogen and oxygen atoms in total. The van der Waals surface area contributed by atoms with Gasteiger partial charge in [0.1, 0.15) is 5.84 Å². The van der Waals surface area contributed by atoms with Crippen LogP contribution in [0.3, 0.4) is 0 Å². The molecule has 0 bridgehead atoms. The molecule has 86 valence electrons. The molecule has 0 unspecified atom stereocenters. The molecular weight excluding hydrogens is 244 g/mol. The van der Waals surface area contributed by atoms with E-state index in [9.17, 15) is 8.42 Å². The molecule has 0 fully saturated rings. The molecule has 1 aliphatic rings. The van der Waals surface area contributed by atoms with Gasteiger partial charge in [0.15, 0.2) is 0 Å². The van der Waals surface area contributed by atoms with Crippen LogP contribution in [0, 0.1) is 0 Å². The van der Waals surface area contributed by atoms with Gasteiger partial charge in [-0.15, -0.1) is 16.2 Å². The fraction of sp³-hybridized carbons (Fsp3) is 0.300. The summed E-state index contributed by atoms with van der Waals surface area (Å²) in [5, 5.41) is 0.